The number of nitrogen functional groups attached to an aromatic ring is 1. The van der Waals surface area contributed by atoms with Gasteiger partial charge in [0, 0.05) is 12.2 Å². The second-order valence-electron chi connectivity index (χ2n) is 5.35. The van der Waals surface area contributed by atoms with E-state index in [1.54, 1.807) is 12.1 Å². The lowest BCUT2D eigenvalue weighted by Crippen LogP contribution is -2.30. The highest BCUT2D eigenvalue weighted by Crippen LogP contribution is 2.24. The molecule has 0 heterocycles. The maximum absolute atomic E-state index is 12.0. The first-order chi connectivity index (χ1) is 9.05. The van der Waals surface area contributed by atoms with Crippen LogP contribution in [0.5, 0.6) is 0 Å². The van der Waals surface area contributed by atoms with Crippen LogP contribution >= 0.6 is 0 Å². The van der Waals surface area contributed by atoms with Gasteiger partial charge >= 0.3 is 0 Å². The average molecular weight is 282 g/mol. The monoisotopic (exact) mass is 282 g/mol. The molecular weight excluding hydrogens is 260 g/mol. The minimum Gasteiger partial charge on any atom is -0.399 e. The molecule has 0 atom stereocenters. The summed E-state index contributed by atoms with van der Waals surface area (Å²) in [4.78, 5) is 0. The van der Waals surface area contributed by atoms with Crippen molar-refractivity contribution in [3.05, 3.63) is 29.8 Å². The van der Waals surface area contributed by atoms with Crippen molar-refractivity contribution in [2.24, 2.45) is 5.92 Å². The highest BCUT2D eigenvalue weighted by molar-refractivity contribution is 7.89. The van der Waals surface area contributed by atoms with Crippen LogP contribution in [0, 0.1) is 5.92 Å². The third-order valence-corrected chi connectivity index (χ3v) is 5.15. The normalized spacial score (nSPS) is 17.5. The molecule has 0 unspecified atom stereocenters. The Morgan fingerprint density at radius 3 is 2.37 bits per heavy atom. The minimum atomic E-state index is -3.17. The van der Waals surface area contributed by atoms with Crippen molar-refractivity contribution in [1.29, 1.82) is 0 Å². The lowest BCUT2D eigenvalue weighted by atomic mass is 9.91. The number of nitrogens with one attached hydrogen (secondary N) is 1. The molecule has 0 aliphatic heterocycles. The third kappa shape index (κ3) is 4.84. The van der Waals surface area contributed by atoms with E-state index in [4.69, 9.17) is 5.73 Å². The van der Waals surface area contributed by atoms with Crippen LogP contribution in [-0.2, 0) is 16.6 Å². The molecule has 19 heavy (non-hydrogen) atoms. The third-order valence-electron chi connectivity index (χ3n) is 3.66. The highest BCUT2D eigenvalue weighted by Gasteiger charge is 2.20. The number of hydrogen-bond donors (Lipinski definition) is 2. The maximum atomic E-state index is 12.0. The van der Waals surface area contributed by atoms with E-state index in [-0.39, 0.29) is 5.75 Å². The smallest absolute Gasteiger partial charge is 0.212 e. The first kappa shape index (κ1) is 14.3. The molecule has 1 aromatic rings. The zero-order valence-electron chi connectivity index (χ0n) is 11.1. The van der Waals surface area contributed by atoms with Crippen molar-refractivity contribution >= 4 is 15.7 Å². The fourth-order valence-electron chi connectivity index (χ4n) is 2.55. The standard InChI is InChI=1S/C14H22N2O2S/c15-14-8-6-12(7-9-14)10-16-19(17,18)11-13-4-2-1-3-5-13/h6-9,13,16H,1-5,10-11,15H2. The molecule has 106 valence electrons. The lowest BCUT2D eigenvalue weighted by molar-refractivity contribution is 0.384. The predicted molar refractivity (Wildman–Crippen MR) is 78.1 cm³/mol. The summed E-state index contributed by atoms with van der Waals surface area (Å²) in [6, 6.07) is 7.26. The van der Waals surface area contributed by atoms with Gasteiger partial charge in [-0.3, -0.25) is 0 Å². The minimum absolute atomic E-state index is 0.266. The summed E-state index contributed by atoms with van der Waals surface area (Å²) in [6.07, 6.45) is 5.66. The number of sulfonamides is 1. The van der Waals surface area contributed by atoms with Gasteiger partial charge in [0.25, 0.3) is 0 Å². The van der Waals surface area contributed by atoms with Crippen molar-refractivity contribution in [3.63, 3.8) is 0 Å². The van der Waals surface area contributed by atoms with Gasteiger partial charge < -0.3 is 5.73 Å². The second-order valence-corrected chi connectivity index (χ2v) is 7.20. The summed E-state index contributed by atoms with van der Waals surface area (Å²) in [5, 5.41) is 0. The van der Waals surface area contributed by atoms with E-state index in [1.807, 2.05) is 12.1 Å². The summed E-state index contributed by atoms with van der Waals surface area (Å²) < 4.78 is 26.7. The number of anilines is 1. The summed E-state index contributed by atoms with van der Waals surface area (Å²) in [6.45, 7) is 0.343. The molecule has 0 aromatic heterocycles. The zero-order valence-corrected chi connectivity index (χ0v) is 12.0. The van der Waals surface area contributed by atoms with Crippen LogP contribution in [0.4, 0.5) is 5.69 Å². The Labute approximate surface area is 115 Å². The molecule has 0 radical (unpaired) electrons. The van der Waals surface area contributed by atoms with Gasteiger partial charge in [0.1, 0.15) is 0 Å². The van der Waals surface area contributed by atoms with Crippen LogP contribution in [-0.4, -0.2) is 14.2 Å². The Bertz CT molecular complexity index is 491. The Balaban J connectivity index is 1.84. The molecular formula is C14H22N2O2S. The molecule has 0 amide bonds. The van der Waals surface area contributed by atoms with E-state index in [1.165, 1.54) is 6.42 Å². The largest absolute Gasteiger partial charge is 0.399 e. The van der Waals surface area contributed by atoms with Crippen LogP contribution < -0.4 is 10.5 Å². The van der Waals surface area contributed by atoms with Crippen LogP contribution in [0.15, 0.2) is 24.3 Å². The fourth-order valence-corrected chi connectivity index (χ4v) is 4.01. The molecule has 1 fully saturated rings. The van der Waals surface area contributed by atoms with Crippen molar-refractivity contribution < 1.29 is 8.42 Å². The number of nitrogens with two attached hydrogens (primary N) is 1. The second kappa shape index (κ2) is 6.39. The first-order valence-electron chi connectivity index (χ1n) is 6.87. The Morgan fingerprint density at radius 1 is 1.11 bits per heavy atom. The molecule has 3 N–H and O–H groups in total. The van der Waals surface area contributed by atoms with Gasteiger partial charge in [0.05, 0.1) is 5.75 Å². The quantitative estimate of drug-likeness (QED) is 0.814. The molecule has 1 aliphatic carbocycles. The molecule has 2 rings (SSSR count). The topological polar surface area (TPSA) is 72.2 Å². The molecule has 0 spiro atoms. The molecule has 0 saturated heterocycles. The van der Waals surface area contributed by atoms with E-state index in [0.29, 0.717) is 18.2 Å². The van der Waals surface area contributed by atoms with Crippen LogP contribution in [0.2, 0.25) is 0 Å². The Hall–Kier alpha value is -1.07. The molecule has 1 aliphatic rings. The molecule has 0 bridgehead atoms. The summed E-state index contributed by atoms with van der Waals surface area (Å²) in [5.74, 6) is 0.597. The fraction of sp³-hybridized carbons (Fsp3) is 0.571. The van der Waals surface area contributed by atoms with Crippen molar-refractivity contribution in [2.75, 3.05) is 11.5 Å². The first-order valence-corrected chi connectivity index (χ1v) is 8.52. The van der Waals surface area contributed by atoms with Gasteiger partial charge in [-0.1, -0.05) is 31.4 Å². The van der Waals surface area contributed by atoms with E-state index in [9.17, 15) is 8.42 Å². The van der Waals surface area contributed by atoms with Gasteiger partial charge in [-0.25, -0.2) is 13.1 Å². The van der Waals surface area contributed by atoms with E-state index >= 15 is 0 Å². The molecule has 1 aromatic carbocycles. The molecule has 4 nitrogen and oxygen atoms in total. The van der Waals surface area contributed by atoms with E-state index in [0.717, 1.165) is 31.2 Å². The Kier molecular flexibility index (Phi) is 4.82. The van der Waals surface area contributed by atoms with Gasteiger partial charge in [0.15, 0.2) is 0 Å². The summed E-state index contributed by atoms with van der Waals surface area (Å²) >= 11 is 0. The van der Waals surface area contributed by atoms with E-state index < -0.39 is 10.0 Å². The highest BCUT2D eigenvalue weighted by atomic mass is 32.2. The van der Waals surface area contributed by atoms with Crippen molar-refractivity contribution in [3.8, 4) is 0 Å². The van der Waals surface area contributed by atoms with Crippen LogP contribution in [0.25, 0.3) is 0 Å². The van der Waals surface area contributed by atoms with Gasteiger partial charge in [-0.2, -0.15) is 0 Å². The average Bonchev–Trinajstić information content (AvgIpc) is 2.39. The van der Waals surface area contributed by atoms with Crippen LogP contribution in [0.3, 0.4) is 0 Å². The van der Waals surface area contributed by atoms with Gasteiger partial charge in [0.2, 0.25) is 10.0 Å². The van der Waals surface area contributed by atoms with Crippen molar-refractivity contribution in [1.82, 2.24) is 4.72 Å². The van der Waals surface area contributed by atoms with Crippen molar-refractivity contribution in [2.45, 2.75) is 38.6 Å². The Morgan fingerprint density at radius 2 is 1.74 bits per heavy atom. The van der Waals surface area contributed by atoms with E-state index in [2.05, 4.69) is 4.72 Å². The molecule has 5 heteroatoms. The number of benzene rings is 1. The summed E-state index contributed by atoms with van der Waals surface area (Å²) in [7, 11) is -3.17. The maximum Gasteiger partial charge on any atom is 0.212 e. The lowest BCUT2D eigenvalue weighted by Gasteiger charge is -2.21. The molecule has 1 saturated carbocycles. The SMILES string of the molecule is Nc1ccc(CNS(=O)(=O)CC2CCCCC2)cc1. The predicted octanol–water partition coefficient (Wildman–Crippen LogP) is 2.27. The van der Waals surface area contributed by atoms with Crippen LogP contribution in [0.1, 0.15) is 37.7 Å². The summed E-state index contributed by atoms with van der Waals surface area (Å²) in [5.41, 5.74) is 7.21. The number of hydrogen-bond acceptors (Lipinski definition) is 3. The van der Waals surface area contributed by atoms with Gasteiger partial charge in [-0.15, -0.1) is 0 Å². The van der Waals surface area contributed by atoms with Gasteiger partial charge in [-0.05, 0) is 36.5 Å². The zero-order chi connectivity index (χ0) is 13.7. The number of rotatable bonds is 5.